The van der Waals surface area contributed by atoms with Gasteiger partial charge in [-0.2, -0.15) is 0 Å². The molecule has 0 aliphatic carbocycles. The first kappa shape index (κ1) is 19.5. The Morgan fingerprint density at radius 3 is 2.62 bits per heavy atom. The van der Waals surface area contributed by atoms with Gasteiger partial charge in [0.1, 0.15) is 4.21 Å². The Bertz CT molecular complexity index is 968. The predicted octanol–water partition coefficient (Wildman–Crippen LogP) is 1.49. The number of primary sulfonamides is 1. The van der Waals surface area contributed by atoms with Crippen molar-refractivity contribution < 1.29 is 27.7 Å². The number of nitro benzene ring substituents is 1. The van der Waals surface area contributed by atoms with Crippen LogP contribution >= 0.6 is 11.3 Å². The summed E-state index contributed by atoms with van der Waals surface area (Å²) in [5, 5.41) is 19.3. The van der Waals surface area contributed by atoms with E-state index >= 15 is 0 Å². The van der Waals surface area contributed by atoms with E-state index in [2.05, 4.69) is 5.32 Å². The fourth-order valence-corrected chi connectivity index (χ4v) is 3.37. The predicted molar refractivity (Wildman–Crippen MR) is 92.3 cm³/mol. The molecule has 0 bridgehead atoms. The second-order valence-electron chi connectivity index (χ2n) is 5.04. The van der Waals surface area contributed by atoms with Crippen LogP contribution in [0.1, 0.15) is 17.3 Å². The lowest BCUT2D eigenvalue weighted by atomic mass is 10.2. The lowest BCUT2D eigenvalue weighted by Crippen LogP contribution is -2.29. The monoisotopic (exact) mass is 399 g/mol. The summed E-state index contributed by atoms with van der Waals surface area (Å²) in [6.45, 7) is 1.30. The third-order valence-electron chi connectivity index (χ3n) is 3.07. The standard InChI is InChI=1S/C14H13N3O7S2/c1-8(13(18)16-10-3-2-4-11(6-10)17(20)21)24-14(19)9-5-12(25-7-9)26(15,22)23/h2-8H,1H3,(H,16,18)(H2,15,22,23). The van der Waals surface area contributed by atoms with E-state index in [1.54, 1.807) is 0 Å². The van der Waals surface area contributed by atoms with Crippen molar-refractivity contribution in [1.82, 2.24) is 0 Å². The van der Waals surface area contributed by atoms with Crippen LogP contribution in [-0.4, -0.2) is 31.3 Å². The molecule has 1 amide bonds. The molecule has 26 heavy (non-hydrogen) atoms. The number of nitrogens with zero attached hydrogens (tertiary/aromatic N) is 1. The molecule has 1 unspecified atom stereocenters. The highest BCUT2D eigenvalue weighted by Crippen LogP contribution is 2.20. The summed E-state index contributed by atoms with van der Waals surface area (Å²) < 4.78 is 27.2. The van der Waals surface area contributed by atoms with Gasteiger partial charge >= 0.3 is 5.97 Å². The Morgan fingerprint density at radius 2 is 2.04 bits per heavy atom. The van der Waals surface area contributed by atoms with E-state index in [0.29, 0.717) is 0 Å². The molecule has 0 radical (unpaired) electrons. The number of nitrogens with two attached hydrogens (primary N) is 1. The molecule has 3 N–H and O–H groups in total. The Kier molecular flexibility index (Phi) is 5.69. The lowest BCUT2D eigenvalue weighted by Gasteiger charge is -2.13. The van der Waals surface area contributed by atoms with Crippen LogP contribution in [0.25, 0.3) is 0 Å². The van der Waals surface area contributed by atoms with Crippen molar-refractivity contribution >= 4 is 44.6 Å². The van der Waals surface area contributed by atoms with Gasteiger partial charge in [-0.1, -0.05) is 6.07 Å². The fourth-order valence-electron chi connectivity index (χ4n) is 1.80. The number of esters is 1. The molecule has 0 spiro atoms. The molecular formula is C14H13N3O7S2. The van der Waals surface area contributed by atoms with Crippen LogP contribution in [0.3, 0.4) is 0 Å². The number of anilines is 1. The van der Waals surface area contributed by atoms with Crippen LogP contribution in [0.5, 0.6) is 0 Å². The third-order valence-corrected chi connectivity index (χ3v) is 5.46. The number of rotatable bonds is 6. The van der Waals surface area contributed by atoms with Gasteiger partial charge in [0.15, 0.2) is 6.10 Å². The summed E-state index contributed by atoms with van der Waals surface area (Å²) in [5.41, 5.74) is -0.102. The minimum absolute atomic E-state index is 0.0611. The fraction of sp³-hybridized carbons (Fsp3) is 0.143. The SMILES string of the molecule is CC(OC(=O)c1csc(S(N)(=O)=O)c1)C(=O)Nc1cccc([N+](=O)[O-])c1. The van der Waals surface area contributed by atoms with Gasteiger partial charge in [0, 0.05) is 23.2 Å². The van der Waals surface area contributed by atoms with Gasteiger partial charge < -0.3 is 10.1 Å². The number of carbonyl (C=O) groups is 2. The second kappa shape index (κ2) is 7.59. The molecule has 0 saturated heterocycles. The van der Waals surface area contributed by atoms with Crippen molar-refractivity contribution in [2.75, 3.05) is 5.32 Å². The van der Waals surface area contributed by atoms with Crippen LogP contribution in [0, 0.1) is 10.1 Å². The first-order chi connectivity index (χ1) is 12.1. The van der Waals surface area contributed by atoms with Gasteiger partial charge in [-0.3, -0.25) is 14.9 Å². The zero-order valence-corrected chi connectivity index (χ0v) is 14.9. The molecule has 1 aromatic heterocycles. The second-order valence-corrected chi connectivity index (χ2v) is 7.74. The summed E-state index contributed by atoms with van der Waals surface area (Å²) in [5.74, 6) is -1.61. The van der Waals surface area contributed by atoms with Gasteiger partial charge in [0.05, 0.1) is 10.5 Å². The number of thiophene rings is 1. The quantitative estimate of drug-likeness (QED) is 0.423. The number of carbonyl (C=O) groups excluding carboxylic acids is 2. The maximum absolute atomic E-state index is 12.1. The van der Waals surface area contributed by atoms with Crippen LogP contribution in [0.2, 0.25) is 0 Å². The molecule has 1 atom stereocenters. The van der Waals surface area contributed by atoms with Gasteiger partial charge in [-0.15, -0.1) is 11.3 Å². The minimum atomic E-state index is -3.94. The minimum Gasteiger partial charge on any atom is -0.449 e. The first-order valence-corrected chi connectivity index (χ1v) is 9.38. The third kappa shape index (κ3) is 4.84. The average molecular weight is 399 g/mol. The molecular weight excluding hydrogens is 386 g/mol. The molecule has 1 aromatic carbocycles. The normalized spacial score (nSPS) is 12.2. The lowest BCUT2D eigenvalue weighted by molar-refractivity contribution is -0.384. The molecule has 1 heterocycles. The molecule has 0 aliphatic rings. The Morgan fingerprint density at radius 1 is 1.35 bits per heavy atom. The number of benzene rings is 1. The van der Waals surface area contributed by atoms with Gasteiger partial charge in [0.2, 0.25) is 10.0 Å². The van der Waals surface area contributed by atoms with Gasteiger partial charge in [-0.05, 0) is 19.1 Å². The largest absolute Gasteiger partial charge is 0.449 e. The molecule has 10 nitrogen and oxygen atoms in total. The van der Waals surface area contributed by atoms with E-state index < -0.39 is 32.9 Å². The number of ether oxygens (including phenoxy) is 1. The Hall–Kier alpha value is -2.83. The summed E-state index contributed by atoms with van der Waals surface area (Å²) in [6.07, 6.45) is -1.22. The molecule has 0 aliphatic heterocycles. The van der Waals surface area contributed by atoms with E-state index in [1.807, 2.05) is 0 Å². The highest BCUT2D eigenvalue weighted by Gasteiger charge is 2.22. The molecule has 12 heteroatoms. The van der Waals surface area contributed by atoms with Crippen molar-refractivity contribution in [1.29, 1.82) is 0 Å². The summed E-state index contributed by atoms with van der Waals surface area (Å²) in [7, 11) is -3.94. The van der Waals surface area contributed by atoms with Crippen molar-refractivity contribution in [3.05, 3.63) is 51.4 Å². The van der Waals surface area contributed by atoms with E-state index in [-0.39, 0.29) is 21.1 Å². The highest BCUT2D eigenvalue weighted by molar-refractivity contribution is 7.91. The van der Waals surface area contributed by atoms with Crippen molar-refractivity contribution in [3.8, 4) is 0 Å². The van der Waals surface area contributed by atoms with Gasteiger partial charge in [-0.25, -0.2) is 18.4 Å². The number of hydrogen-bond acceptors (Lipinski definition) is 8. The van der Waals surface area contributed by atoms with E-state index in [1.165, 1.54) is 30.5 Å². The van der Waals surface area contributed by atoms with E-state index in [9.17, 15) is 28.1 Å². The molecule has 2 rings (SSSR count). The maximum Gasteiger partial charge on any atom is 0.339 e. The van der Waals surface area contributed by atoms with Crippen LogP contribution in [0.15, 0.2) is 39.9 Å². The first-order valence-electron chi connectivity index (χ1n) is 6.95. The maximum atomic E-state index is 12.1. The zero-order valence-electron chi connectivity index (χ0n) is 13.2. The van der Waals surface area contributed by atoms with Gasteiger partial charge in [0.25, 0.3) is 11.6 Å². The average Bonchev–Trinajstić information content (AvgIpc) is 3.05. The summed E-state index contributed by atoms with van der Waals surface area (Å²) >= 11 is 0.749. The number of non-ortho nitro benzene ring substituents is 1. The summed E-state index contributed by atoms with van der Waals surface area (Å²) in [6, 6.07) is 6.30. The van der Waals surface area contributed by atoms with E-state index in [4.69, 9.17) is 9.88 Å². The number of nitrogens with one attached hydrogen (secondary N) is 1. The summed E-state index contributed by atoms with van der Waals surface area (Å²) in [4.78, 5) is 34.1. The molecule has 0 saturated carbocycles. The van der Waals surface area contributed by atoms with Crippen LogP contribution in [-0.2, 0) is 19.6 Å². The van der Waals surface area contributed by atoms with Crippen molar-refractivity contribution in [2.45, 2.75) is 17.2 Å². The molecule has 0 fully saturated rings. The van der Waals surface area contributed by atoms with Crippen molar-refractivity contribution in [2.24, 2.45) is 5.14 Å². The Labute approximate surface area is 151 Å². The number of sulfonamides is 1. The van der Waals surface area contributed by atoms with Crippen LogP contribution in [0.4, 0.5) is 11.4 Å². The smallest absolute Gasteiger partial charge is 0.339 e. The van der Waals surface area contributed by atoms with Crippen LogP contribution < -0.4 is 10.5 Å². The van der Waals surface area contributed by atoms with Crippen molar-refractivity contribution in [3.63, 3.8) is 0 Å². The molecule has 2 aromatic rings. The highest BCUT2D eigenvalue weighted by atomic mass is 32.2. The topological polar surface area (TPSA) is 159 Å². The Balaban J connectivity index is 2.02. The van der Waals surface area contributed by atoms with E-state index in [0.717, 1.165) is 23.5 Å². The number of amides is 1. The number of nitro groups is 1. The number of hydrogen-bond donors (Lipinski definition) is 2. The zero-order chi connectivity index (χ0) is 19.5. The molecule has 138 valence electrons.